The number of pyridine rings is 1. The summed E-state index contributed by atoms with van der Waals surface area (Å²) in [6, 6.07) is 12.5. The minimum absolute atomic E-state index is 0.828. The van der Waals surface area contributed by atoms with Gasteiger partial charge in [0.15, 0.2) is 5.96 Å². The van der Waals surface area contributed by atoms with Gasteiger partial charge >= 0.3 is 0 Å². The fraction of sp³-hybridized carbons (Fsp3) is 0.286. The SMILES string of the molecule is CN=C(NCCc1ccc(-n2cccn2)cc1)NCCc1ccncc1C. The summed E-state index contributed by atoms with van der Waals surface area (Å²) in [6.07, 6.45) is 9.35. The van der Waals surface area contributed by atoms with E-state index in [0.29, 0.717) is 0 Å². The maximum Gasteiger partial charge on any atom is 0.190 e. The van der Waals surface area contributed by atoms with E-state index in [2.05, 4.69) is 63.0 Å². The van der Waals surface area contributed by atoms with Crippen molar-refractivity contribution in [3.05, 3.63) is 77.9 Å². The number of rotatable bonds is 7. The van der Waals surface area contributed by atoms with Crippen molar-refractivity contribution in [2.75, 3.05) is 20.1 Å². The van der Waals surface area contributed by atoms with Crippen molar-refractivity contribution < 1.29 is 0 Å². The Morgan fingerprint density at radius 2 is 1.81 bits per heavy atom. The Balaban J connectivity index is 1.41. The first kappa shape index (κ1) is 18.6. The third-order valence-electron chi connectivity index (χ3n) is 4.46. The smallest absolute Gasteiger partial charge is 0.190 e. The molecule has 0 saturated carbocycles. The van der Waals surface area contributed by atoms with E-state index in [1.165, 1.54) is 16.7 Å². The van der Waals surface area contributed by atoms with Gasteiger partial charge in [-0.15, -0.1) is 0 Å². The van der Waals surface area contributed by atoms with E-state index in [4.69, 9.17) is 0 Å². The van der Waals surface area contributed by atoms with E-state index in [0.717, 1.165) is 37.6 Å². The van der Waals surface area contributed by atoms with E-state index in [9.17, 15) is 0 Å². The molecule has 3 aromatic rings. The quantitative estimate of drug-likeness (QED) is 0.501. The van der Waals surface area contributed by atoms with Crippen molar-refractivity contribution in [1.82, 2.24) is 25.4 Å². The highest BCUT2D eigenvalue weighted by atomic mass is 15.3. The molecule has 1 aromatic carbocycles. The van der Waals surface area contributed by atoms with Crippen molar-refractivity contribution in [1.29, 1.82) is 0 Å². The Morgan fingerprint density at radius 3 is 2.48 bits per heavy atom. The largest absolute Gasteiger partial charge is 0.356 e. The van der Waals surface area contributed by atoms with Crippen LogP contribution in [0.25, 0.3) is 5.69 Å². The summed E-state index contributed by atoms with van der Waals surface area (Å²) < 4.78 is 1.86. The first-order valence-electron chi connectivity index (χ1n) is 9.19. The second-order valence-corrected chi connectivity index (χ2v) is 6.35. The highest BCUT2D eigenvalue weighted by Crippen LogP contribution is 2.09. The second kappa shape index (κ2) is 9.52. The summed E-state index contributed by atoms with van der Waals surface area (Å²) in [5.41, 5.74) is 4.88. The summed E-state index contributed by atoms with van der Waals surface area (Å²) in [4.78, 5) is 8.42. The molecule has 0 fully saturated rings. The van der Waals surface area contributed by atoms with Crippen LogP contribution in [0, 0.1) is 6.92 Å². The number of hydrogen-bond donors (Lipinski definition) is 2. The Labute approximate surface area is 160 Å². The van der Waals surface area contributed by atoms with E-state index in [-0.39, 0.29) is 0 Å². The third kappa shape index (κ3) is 5.41. The van der Waals surface area contributed by atoms with Crippen molar-refractivity contribution in [3.8, 4) is 5.69 Å². The zero-order chi connectivity index (χ0) is 18.9. The Morgan fingerprint density at radius 1 is 1.04 bits per heavy atom. The highest BCUT2D eigenvalue weighted by Gasteiger charge is 2.01. The molecular weight excluding hydrogens is 336 g/mol. The number of nitrogens with zero attached hydrogens (tertiary/aromatic N) is 4. The number of benzene rings is 1. The van der Waals surface area contributed by atoms with Crippen molar-refractivity contribution in [3.63, 3.8) is 0 Å². The molecule has 140 valence electrons. The van der Waals surface area contributed by atoms with Crippen LogP contribution in [0.4, 0.5) is 0 Å². The van der Waals surface area contributed by atoms with Gasteiger partial charge in [0.25, 0.3) is 0 Å². The van der Waals surface area contributed by atoms with Crippen LogP contribution >= 0.6 is 0 Å². The number of nitrogens with one attached hydrogen (secondary N) is 2. The lowest BCUT2D eigenvalue weighted by Gasteiger charge is -2.12. The second-order valence-electron chi connectivity index (χ2n) is 6.35. The number of aromatic nitrogens is 3. The first-order valence-corrected chi connectivity index (χ1v) is 9.19. The van der Waals surface area contributed by atoms with Crippen LogP contribution in [-0.4, -0.2) is 40.9 Å². The van der Waals surface area contributed by atoms with Gasteiger partial charge in [0.2, 0.25) is 0 Å². The molecule has 0 radical (unpaired) electrons. The molecule has 0 aliphatic rings. The number of aryl methyl sites for hydroxylation is 1. The lowest BCUT2D eigenvalue weighted by molar-refractivity contribution is 0.781. The number of hydrogen-bond acceptors (Lipinski definition) is 3. The van der Waals surface area contributed by atoms with Gasteiger partial charge in [-0.25, -0.2) is 4.68 Å². The Hall–Kier alpha value is -3.15. The molecule has 0 atom stereocenters. The average molecular weight is 362 g/mol. The van der Waals surface area contributed by atoms with Gasteiger partial charge in [-0.3, -0.25) is 9.98 Å². The molecule has 0 spiro atoms. The van der Waals surface area contributed by atoms with Gasteiger partial charge in [0.05, 0.1) is 5.69 Å². The normalized spacial score (nSPS) is 11.4. The molecule has 2 N–H and O–H groups in total. The lowest BCUT2D eigenvalue weighted by Crippen LogP contribution is -2.39. The molecule has 0 amide bonds. The summed E-state index contributed by atoms with van der Waals surface area (Å²) in [6.45, 7) is 3.76. The summed E-state index contributed by atoms with van der Waals surface area (Å²) >= 11 is 0. The molecule has 0 unspecified atom stereocenters. The molecule has 3 rings (SSSR count). The molecular formula is C21H26N6. The molecule has 6 nitrogen and oxygen atoms in total. The zero-order valence-electron chi connectivity index (χ0n) is 15.9. The molecule has 0 bridgehead atoms. The van der Waals surface area contributed by atoms with Crippen molar-refractivity contribution >= 4 is 5.96 Å². The molecule has 6 heteroatoms. The third-order valence-corrected chi connectivity index (χ3v) is 4.46. The predicted molar refractivity (Wildman–Crippen MR) is 109 cm³/mol. The molecule has 2 aromatic heterocycles. The molecule has 2 heterocycles. The fourth-order valence-electron chi connectivity index (χ4n) is 2.88. The number of guanidine groups is 1. The fourth-order valence-corrected chi connectivity index (χ4v) is 2.88. The minimum Gasteiger partial charge on any atom is -0.356 e. The topological polar surface area (TPSA) is 67.1 Å². The average Bonchev–Trinajstić information content (AvgIpc) is 3.23. The highest BCUT2D eigenvalue weighted by molar-refractivity contribution is 5.79. The minimum atomic E-state index is 0.828. The van der Waals surface area contributed by atoms with Crippen LogP contribution in [0.1, 0.15) is 16.7 Å². The first-order chi connectivity index (χ1) is 13.3. The lowest BCUT2D eigenvalue weighted by atomic mass is 10.1. The van der Waals surface area contributed by atoms with Crippen LogP contribution in [0.3, 0.4) is 0 Å². The van der Waals surface area contributed by atoms with Gasteiger partial charge in [0, 0.05) is 44.9 Å². The van der Waals surface area contributed by atoms with E-state index < -0.39 is 0 Å². The van der Waals surface area contributed by atoms with Gasteiger partial charge in [-0.1, -0.05) is 12.1 Å². The van der Waals surface area contributed by atoms with Gasteiger partial charge in [-0.2, -0.15) is 5.10 Å². The van der Waals surface area contributed by atoms with E-state index in [1.807, 2.05) is 29.3 Å². The van der Waals surface area contributed by atoms with Crippen LogP contribution < -0.4 is 10.6 Å². The van der Waals surface area contributed by atoms with Crippen LogP contribution in [0.2, 0.25) is 0 Å². The van der Waals surface area contributed by atoms with Gasteiger partial charge < -0.3 is 10.6 Å². The summed E-state index contributed by atoms with van der Waals surface area (Å²) in [5.74, 6) is 0.829. The molecule has 0 saturated heterocycles. The maximum absolute atomic E-state index is 4.29. The standard InChI is InChI=1S/C21H26N6/c1-17-16-23-12-9-19(17)10-14-25-21(22-2)24-13-8-18-4-6-20(7-5-18)27-15-3-11-26-27/h3-7,9,11-12,15-16H,8,10,13-14H2,1-2H3,(H2,22,24,25). The Bertz CT molecular complexity index is 853. The Kier molecular flexibility index (Phi) is 6.57. The monoisotopic (exact) mass is 362 g/mol. The summed E-state index contributed by atoms with van der Waals surface area (Å²) in [7, 11) is 1.80. The van der Waals surface area contributed by atoms with Crippen molar-refractivity contribution in [2.24, 2.45) is 4.99 Å². The number of aliphatic imine (C=N–C) groups is 1. The van der Waals surface area contributed by atoms with Crippen LogP contribution in [0.15, 0.2) is 66.2 Å². The van der Waals surface area contributed by atoms with Crippen molar-refractivity contribution in [2.45, 2.75) is 19.8 Å². The predicted octanol–water partition coefficient (Wildman–Crippen LogP) is 2.53. The van der Waals surface area contributed by atoms with Gasteiger partial charge in [-0.05, 0) is 60.7 Å². The van der Waals surface area contributed by atoms with Crippen LogP contribution in [-0.2, 0) is 12.8 Å². The zero-order valence-corrected chi connectivity index (χ0v) is 15.9. The van der Waals surface area contributed by atoms with Crippen LogP contribution in [0.5, 0.6) is 0 Å². The molecule has 27 heavy (non-hydrogen) atoms. The summed E-state index contributed by atoms with van der Waals surface area (Å²) in [5, 5.41) is 11.0. The van der Waals surface area contributed by atoms with E-state index >= 15 is 0 Å². The maximum atomic E-state index is 4.29. The molecule has 0 aliphatic carbocycles. The van der Waals surface area contributed by atoms with Gasteiger partial charge in [0.1, 0.15) is 0 Å². The van der Waals surface area contributed by atoms with E-state index in [1.54, 1.807) is 13.2 Å². The molecule has 0 aliphatic heterocycles.